The lowest BCUT2D eigenvalue weighted by molar-refractivity contribution is -0.121. The van der Waals surface area contributed by atoms with Crippen LogP contribution < -0.4 is 5.32 Å². The van der Waals surface area contributed by atoms with Crippen molar-refractivity contribution >= 4 is 28.7 Å². The average molecular weight is 373 g/mol. The van der Waals surface area contributed by atoms with E-state index in [-0.39, 0.29) is 22.5 Å². The Morgan fingerprint density at radius 2 is 1.92 bits per heavy atom. The lowest BCUT2D eigenvalue weighted by Gasteiger charge is -2.22. The smallest absolute Gasteiger partial charge is 0.233 e. The standard InChI is InChI=1S/C18H20FN5OS/c1-11(16(25)23-18(2,3)4)26-17-14-9-22-24(15(14)20-10-21-17)13-7-5-12(19)6-8-13/h5-11H,1-4H3,(H,23,25)/t11-/m1/s1. The van der Waals surface area contributed by atoms with Gasteiger partial charge in [0.15, 0.2) is 5.65 Å². The molecule has 1 N–H and O–H groups in total. The number of nitrogens with zero attached hydrogens (tertiary/aromatic N) is 4. The van der Waals surface area contributed by atoms with Gasteiger partial charge in [-0.15, -0.1) is 0 Å². The molecule has 3 aromatic rings. The molecule has 0 aliphatic heterocycles. The fourth-order valence-corrected chi connectivity index (χ4v) is 3.26. The van der Waals surface area contributed by atoms with E-state index < -0.39 is 0 Å². The van der Waals surface area contributed by atoms with Gasteiger partial charge in [-0.1, -0.05) is 11.8 Å². The third-order valence-electron chi connectivity index (χ3n) is 3.56. The normalized spacial score (nSPS) is 13.0. The molecule has 0 bridgehead atoms. The summed E-state index contributed by atoms with van der Waals surface area (Å²) in [6.07, 6.45) is 3.11. The molecule has 0 spiro atoms. The number of halogens is 1. The first-order valence-corrected chi connectivity index (χ1v) is 9.06. The highest BCUT2D eigenvalue weighted by Crippen LogP contribution is 2.29. The van der Waals surface area contributed by atoms with E-state index in [1.165, 1.54) is 30.2 Å². The van der Waals surface area contributed by atoms with Gasteiger partial charge < -0.3 is 5.32 Å². The summed E-state index contributed by atoms with van der Waals surface area (Å²) in [5.74, 6) is -0.366. The number of nitrogens with one attached hydrogen (secondary N) is 1. The zero-order chi connectivity index (χ0) is 18.9. The number of hydrogen-bond acceptors (Lipinski definition) is 5. The van der Waals surface area contributed by atoms with E-state index in [2.05, 4.69) is 20.4 Å². The Balaban J connectivity index is 1.89. The molecule has 0 radical (unpaired) electrons. The van der Waals surface area contributed by atoms with Crippen molar-refractivity contribution in [3.8, 4) is 5.69 Å². The Morgan fingerprint density at radius 3 is 2.58 bits per heavy atom. The molecule has 136 valence electrons. The number of aromatic nitrogens is 4. The van der Waals surface area contributed by atoms with Crippen molar-refractivity contribution in [3.63, 3.8) is 0 Å². The van der Waals surface area contributed by atoms with Gasteiger partial charge in [0.25, 0.3) is 0 Å². The number of carbonyl (C=O) groups is 1. The van der Waals surface area contributed by atoms with E-state index in [1.807, 2.05) is 27.7 Å². The highest BCUT2D eigenvalue weighted by atomic mass is 32.2. The predicted molar refractivity (Wildman–Crippen MR) is 99.8 cm³/mol. The molecule has 0 fully saturated rings. The van der Waals surface area contributed by atoms with Crippen LogP contribution in [0.2, 0.25) is 0 Å². The topological polar surface area (TPSA) is 72.7 Å². The van der Waals surface area contributed by atoms with Crippen LogP contribution in [0.1, 0.15) is 27.7 Å². The van der Waals surface area contributed by atoms with Crippen molar-refractivity contribution in [2.45, 2.75) is 43.5 Å². The Hall–Kier alpha value is -2.48. The molecule has 0 saturated heterocycles. The van der Waals surface area contributed by atoms with Crippen LogP contribution in [-0.2, 0) is 4.79 Å². The van der Waals surface area contributed by atoms with E-state index in [9.17, 15) is 9.18 Å². The number of thioether (sulfide) groups is 1. The number of amides is 1. The number of fused-ring (bicyclic) bond motifs is 1. The molecule has 3 rings (SSSR count). The summed E-state index contributed by atoms with van der Waals surface area (Å²) in [4.78, 5) is 20.9. The van der Waals surface area contributed by atoms with Crippen LogP contribution in [0.4, 0.5) is 4.39 Å². The molecular weight excluding hydrogens is 353 g/mol. The van der Waals surface area contributed by atoms with Crippen LogP contribution in [-0.4, -0.2) is 36.4 Å². The van der Waals surface area contributed by atoms with Gasteiger partial charge in [0, 0.05) is 5.54 Å². The second-order valence-corrected chi connectivity index (χ2v) is 8.28. The van der Waals surface area contributed by atoms with Crippen LogP contribution >= 0.6 is 11.8 Å². The molecule has 0 aliphatic rings. The maximum atomic E-state index is 13.1. The minimum Gasteiger partial charge on any atom is -0.351 e. The summed E-state index contributed by atoms with van der Waals surface area (Å²) in [6, 6.07) is 6.02. The van der Waals surface area contributed by atoms with E-state index in [4.69, 9.17) is 0 Å². The molecule has 26 heavy (non-hydrogen) atoms. The van der Waals surface area contributed by atoms with Gasteiger partial charge in [0.05, 0.1) is 22.5 Å². The highest BCUT2D eigenvalue weighted by Gasteiger charge is 2.22. The lowest BCUT2D eigenvalue weighted by atomic mass is 10.1. The summed E-state index contributed by atoms with van der Waals surface area (Å²) >= 11 is 1.36. The van der Waals surface area contributed by atoms with Gasteiger partial charge >= 0.3 is 0 Å². The van der Waals surface area contributed by atoms with Crippen LogP contribution in [0.15, 0.2) is 41.8 Å². The SMILES string of the molecule is C[C@@H](Sc1ncnc2c1cnn2-c1ccc(F)cc1)C(=O)NC(C)(C)C. The molecule has 0 unspecified atom stereocenters. The predicted octanol–water partition coefficient (Wildman–Crippen LogP) is 3.35. The first kappa shape index (κ1) is 18.3. The maximum Gasteiger partial charge on any atom is 0.233 e. The van der Waals surface area contributed by atoms with E-state index in [0.717, 1.165) is 5.39 Å². The summed E-state index contributed by atoms with van der Waals surface area (Å²) in [5.41, 5.74) is 1.02. The summed E-state index contributed by atoms with van der Waals surface area (Å²) in [6.45, 7) is 7.66. The molecule has 0 aliphatic carbocycles. The van der Waals surface area contributed by atoms with Crippen molar-refractivity contribution in [1.29, 1.82) is 0 Å². The number of rotatable bonds is 4. The summed E-state index contributed by atoms with van der Waals surface area (Å²) in [5, 5.41) is 8.42. The molecule has 1 aromatic carbocycles. The van der Waals surface area contributed by atoms with Crippen molar-refractivity contribution in [2.75, 3.05) is 0 Å². The minimum absolute atomic E-state index is 0.0554. The zero-order valence-corrected chi connectivity index (χ0v) is 15.8. The Kier molecular flexibility index (Phi) is 4.95. The highest BCUT2D eigenvalue weighted by molar-refractivity contribution is 8.00. The fraction of sp³-hybridized carbons (Fsp3) is 0.333. The summed E-state index contributed by atoms with van der Waals surface area (Å²) in [7, 11) is 0. The molecule has 6 nitrogen and oxygen atoms in total. The number of benzene rings is 1. The van der Waals surface area contributed by atoms with Crippen molar-refractivity contribution in [2.24, 2.45) is 0 Å². The first-order valence-electron chi connectivity index (χ1n) is 8.18. The quantitative estimate of drug-likeness (QED) is 0.561. The molecule has 2 aromatic heterocycles. The minimum atomic E-state index is -0.318. The molecule has 1 amide bonds. The Bertz CT molecular complexity index is 933. The van der Waals surface area contributed by atoms with Gasteiger partial charge in [0.2, 0.25) is 5.91 Å². The Morgan fingerprint density at radius 1 is 1.23 bits per heavy atom. The number of hydrogen-bond donors (Lipinski definition) is 1. The van der Waals surface area contributed by atoms with Crippen molar-refractivity contribution < 1.29 is 9.18 Å². The van der Waals surface area contributed by atoms with Gasteiger partial charge in [-0.05, 0) is 52.0 Å². The second-order valence-electron chi connectivity index (χ2n) is 6.95. The monoisotopic (exact) mass is 373 g/mol. The third-order valence-corrected chi connectivity index (χ3v) is 4.67. The van der Waals surface area contributed by atoms with E-state index in [1.54, 1.807) is 23.0 Å². The van der Waals surface area contributed by atoms with Gasteiger partial charge in [-0.25, -0.2) is 19.0 Å². The van der Waals surface area contributed by atoms with Crippen LogP contribution in [0.25, 0.3) is 16.7 Å². The van der Waals surface area contributed by atoms with Crippen LogP contribution in [0.5, 0.6) is 0 Å². The molecule has 2 heterocycles. The van der Waals surface area contributed by atoms with Crippen LogP contribution in [0.3, 0.4) is 0 Å². The largest absolute Gasteiger partial charge is 0.351 e. The first-order chi connectivity index (χ1) is 12.2. The third kappa shape index (κ3) is 4.01. The number of carbonyl (C=O) groups excluding carboxylic acids is 1. The lowest BCUT2D eigenvalue weighted by Crippen LogP contribution is -2.44. The maximum absolute atomic E-state index is 13.1. The summed E-state index contributed by atoms with van der Waals surface area (Å²) < 4.78 is 14.8. The van der Waals surface area contributed by atoms with Gasteiger partial charge in [-0.3, -0.25) is 4.79 Å². The van der Waals surface area contributed by atoms with Crippen molar-refractivity contribution in [3.05, 3.63) is 42.6 Å². The van der Waals surface area contributed by atoms with Crippen LogP contribution in [0, 0.1) is 5.82 Å². The van der Waals surface area contributed by atoms with E-state index >= 15 is 0 Å². The van der Waals surface area contributed by atoms with E-state index in [0.29, 0.717) is 16.4 Å². The fourth-order valence-electron chi connectivity index (χ4n) is 2.38. The van der Waals surface area contributed by atoms with Gasteiger partial charge in [-0.2, -0.15) is 5.10 Å². The molecule has 1 atom stereocenters. The average Bonchev–Trinajstić information content (AvgIpc) is 2.99. The Labute approximate surface area is 155 Å². The zero-order valence-electron chi connectivity index (χ0n) is 15.0. The molecular formula is C18H20FN5OS. The molecule has 0 saturated carbocycles. The second kappa shape index (κ2) is 7.03. The molecule has 8 heteroatoms. The van der Waals surface area contributed by atoms with Crippen molar-refractivity contribution in [1.82, 2.24) is 25.1 Å². The van der Waals surface area contributed by atoms with Gasteiger partial charge in [0.1, 0.15) is 17.2 Å².